The molecule has 0 saturated heterocycles. The second-order valence-corrected chi connectivity index (χ2v) is 25.9. The smallest absolute Gasteiger partial charge is 0.462 e. The lowest BCUT2D eigenvalue weighted by Gasteiger charge is -2.19. The summed E-state index contributed by atoms with van der Waals surface area (Å²) in [6, 6.07) is 0. The van der Waals surface area contributed by atoms with Gasteiger partial charge in [0.1, 0.15) is 6.61 Å². The number of nitrogens with two attached hydrogens (primary N) is 1. The van der Waals surface area contributed by atoms with Crippen molar-refractivity contribution in [3.05, 3.63) is 146 Å². The van der Waals surface area contributed by atoms with Crippen molar-refractivity contribution in [3.63, 3.8) is 0 Å². The average Bonchev–Trinajstić information content (AvgIpc) is 3.68. The number of phosphoric ester groups is 1. The Bertz CT molecular complexity index is 2010. The Morgan fingerprint density at radius 1 is 0.330 bits per heavy atom. The van der Waals surface area contributed by atoms with E-state index in [-0.39, 0.29) is 38.6 Å². The van der Waals surface area contributed by atoms with Crippen molar-refractivity contribution < 1.29 is 37.6 Å². The Morgan fingerprint density at radius 2 is 0.571 bits per heavy atom. The molecule has 0 aromatic heterocycles. The fourth-order valence-electron chi connectivity index (χ4n) is 10.3. The topological polar surface area (TPSA) is 134 Å². The molecule has 0 aliphatic carbocycles. The lowest BCUT2D eigenvalue weighted by molar-refractivity contribution is -0.161. The number of esters is 2. The largest absolute Gasteiger partial charge is 0.472 e. The van der Waals surface area contributed by atoms with Gasteiger partial charge in [-0.25, -0.2) is 4.57 Å². The van der Waals surface area contributed by atoms with Crippen molar-refractivity contribution >= 4 is 19.8 Å². The maximum absolute atomic E-state index is 12.8. The SMILES string of the molecule is CC/C=C\C/C=C\C/C=C\C/C=C\C/C=C\C/C=C\C/C=C\CCCCCCCCCCCCCCCC(=O)OC(COC(=O)CCCCCCCCCCCCCCCCCCCCC/C=C\C/C=C\C/C=C\C/C=C\C/C=C\CC)COP(=O)(O)OCCN. The van der Waals surface area contributed by atoms with Gasteiger partial charge in [-0.05, 0) is 116 Å². The van der Waals surface area contributed by atoms with Gasteiger partial charge in [-0.15, -0.1) is 0 Å². The summed E-state index contributed by atoms with van der Waals surface area (Å²) in [6.07, 6.45) is 108. The molecular weight excluding hydrogens is 1150 g/mol. The highest BCUT2D eigenvalue weighted by atomic mass is 31.2. The van der Waals surface area contributed by atoms with E-state index in [1.807, 2.05) is 0 Å². The third kappa shape index (κ3) is 74.8. The van der Waals surface area contributed by atoms with Crippen molar-refractivity contribution in [2.75, 3.05) is 26.4 Å². The predicted octanol–water partition coefficient (Wildman–Crippen LogP) is 25.0. The molecule has 2 atom stereocenters. The number of ether oxygens (including phenoxy) is 2. The van der Waals surface area contributed by atoms with Crippen LogP contribution in [0.2, 0.25) is 0 Å². The molecule has 9 nitrogen and oxygen atoms in total. The predicted molar refractivity (Wildman–Crippen MR) is 394 cm³/mol. The molecule has 3 N–H and O–H groups in total. The van der Waals surface area contributed by atoms with E-state index >= 15 is 0 Å². The van der Waals surface area contributed by atoms with Gasteiger partial charge in [0, 0.05) is 19.4 Å². The number of hydrogen-bond acceptors (Lipinski definition) is 8. The molecule has 0 amide bonds. The van der Waals surface area contributed by atoms with Crippen molar-refractivity contribution in [2.24, 2.45) is 5.73 Å². The molecule has 0 aromatic rings. The zero-order valence-corrected chi connectivity index (χ0v) is 59.4. The van der Waals surface area contributed by atoms with E-state index in [4.69, 9.17) is 24.3 Å². The lowest BCUT2D eigenvalue weighted by atomic mass is 10.0. The highest BCUT2D eigenvalue weighted by molar-refractivity contribution is 7.47. The Labute approximate surface area is 560 Å². The summed E-state index contributed by atoms with van der Waals surface area (Å²) < 4.78 is 33.2. The van der Waals surface area contributed by atoms with E-state index in [9.17, 15) is 19.0 Å². The van der Waals surface area contributed by atoms with Crippen LogP contribution in [-0.2, 0) is 32.7 Å². The zero-order valence-electron chi connectivity index (χ0n) is 58.5. The van der Waals surface area contributed by atoms with Gasteiger partial charge in [-0.2, -0.15) is 0 Å². The Hall–Kier alpha value is -4.11. The molecule has 10 heteroatoms. The van der Waals surface area contributed by atoms with E-state index < -0.39 is 26.5 Å². The second-order valence-electron chi connectivity index (χ2n) is 24.4. The first kappa shape index (κ1) is 86.9. The Morgan fingerprint density at radius 3 is 0.846 bits per heavy atom. The van der Waals surface area contributed by atoms with Crippen LogP contribution in [-0.4, -0.2) is 49.3 Å². The van der Waals surface area contributed by atoms with Gasteiger partial charge < -0.3 is 20.1 Å². The van der Waals surface area contributed by atoms with Gasteiger partial charge >= 0.3 is 19.8 Å². The molecule has 0 aliphatic rings. The zero-order chi connectivity index (χ0) is 65.8. The summed E-state index contributed by atoms with van der Waals surface area (Å²) in [6.45, 7) is 3.54. The number of phosphoric acid groups is 1. The van der Waals surface area contributed by atoms with Crippen LogP contribution >= 0.6 is 7.82 Å². The van der Waals surface area contributed by atoms with Gasteiger partial charge in [0.25, 0.3) is 0 Å². The minimum Gasteiger partial charge on any atom is -0.462 e. The van der Waals surface area contributed by atoms with Crippen LogP contribution in [0, 0.1) is 0 Å². The van der Waals surface area contributed by atoms with Crippen LogP contribution < -0.4 is 5.73 Å². The second kappa shape index (κ2) is 74.9. The highest BCUT2D eigenvalue weighted by Crippen LogP contribution is 2.43. The lowest BCUT2D eigenvalue weighted by Crippen LogP contribution is -2.29. The minimum atomic E-state index is -4.40. The maximum atomic E-state index is 12.8. The molecule has 0 aromatic carbocycles. The van der Waals surface area contributed by atoms with Crippen LogP contribution in [0.5, 0.6) is 0 Å². The summed E-state index contributed by atoms with van der Waals surface area (Å²) >= 11 is 0. The van der Waals surface area contributed by atoms with Gasteiger partial charge in [0.2, 0.25) is 0 Å². The maximum Gasteiger partial charge on any atom is 0.472 e. The molecule has 91 heavy (non-hydrogen) atoms. The Balaban J connectivity index is 3.87. The van der Waals surface area contributed by atoms with Crippen LogP contribution in [0.1, 0.15) is 322 Å². The summed E-state index contributed by atoms with van der Waals surface area (Å²) in [5.41, 5.74) is 5.41. The molecule has 520 valence electrons. The van der Waals surface area contributed by atoms with Crippen molar-refractivity contribution in [1.29, 1.82) is 0 Å². The average molecular weight is 1280 g/mol. The molecule has 0 spiro atoms. The molecule has 0 radical (unpaired) electrons. The normalized spacial score (nSPS) is 13.8. The van der Waals surface area contributed by atoms with E-state index in [1.54, 1.807) is 0 Å². The monoisotopic (exact) mass is 1280 g/mol. The first-order chi connectivity index (χ1) is 44.8. The third-order valence-corrected chi connectivity index (χ3v) is 16.7. The van der Waals surface area contributed by atoms with Gasteiger partial charge in [0.05, 0.1) is 13.2 Å². The van der Waals surface area contributed by atoms with E-state index in [0.29, 0.717) is 6.42 Å². The fourth-order valence-corrected chi connectivity index (χ4v) is 11.1. The van der Waals surface area contributed by atoms with Gasteiger partial charge in [0.15, 0.2) is 6.10 Å². The number of carbonyl (C=O) groups excluding carboxylic acids is 2. The summed E-state index contributed by atoms with van der Waals surface area (Å²) in [5.74, 6) is -0.823. The summed E-state index contributed by atoms with van der Waals surface area (Å²) in [4.78, 5) is 35.4. The van der Waals surface area contributed by atoms with Crippen molar-refractivity contribution in [3.8, 4) is 0 Å². The molecule has 0 heterocycles. The Kier molecular flexibility index (Phi) is 71.5. The molecule has 2 unspecified atom stereocenters. The van der Waals surface area contributed by atoms with Crippen LogP contribution in [0.15, 0.2) is 146 Å². The van der Waals surface area contributed by atoms with Crippen molar-refractivity contribution in [2.45, 2.75) is 328 Å². The number of unbranched alkanes of at least 4 members (excludes halogenated alkanes) is 32. The summed E-state index contributed by atoms with van der Waals surface area (Å²) in [5, 5.41) is 0. The van der Waals surface area contributed by atoms with Crippen LogP contribution in [0.3, 0.4) is 0 Å². The number of allylic oxidation sites excluding steroid dienone is 24. The molecule has 0 aliphatic heterocycles. The number of carbonyl (C=O) groups is 2. The molecule has 0 fully saturated rings. The molecule has 0 saturated carbocycles. The fraction of sp³-hybridized carbons (Fsp3) is 0.679. The molecule has 0 rings (SSSR count). The summed E-state index contributed by atoms with van der Waals surface area (Å²) in [7, 11) is -4.40. The quantitative estimate of drug-likeness (QED) is 0.0264. The van der Waals surface area contributed by atoms with Crippen LogP contribution in [0.25, 0.3) is 0 Å². The van der Waals surface area contributed by atoms with Crippen molar-refractivity contribution in [1.82, 2.24) is 0 Å². The standard InChI is InChI=1S/C81H138NO8P/c1-3-5-7-9-11-13-15-17-19-21-23-25-27-29-31-33-35-37-39-41-43-45-47-49-51-53-55-57-59-61-63-65-67-69-71-73-80(83)87-77-79(78-89-91(85,86)88-76-75-82)90-81(84)74-72-70-68-66-64-62-60-58-56-54-52-50-48-46-44-42-40-38-36-34-32-30-28-26-24-22-20-18-16-14-12-10-8-6-4-2/h5-8,11-14,17-20,23-26,29-32,36,38,42,44,79H,3-4,9-10,15-16,21-22,27-28,33-35,37,39-41,43,45-78,82H2,1-2H3,(H,85,86)/b7-5-,8-6-,13-11-,14-12-,19-17-,20-18-,25-23-,26-24-,31-29-,32-30-,38-36-,44-42-. The van der Waals surface area contributed by atoms with Gasteiger partial charge in [-0.3, -0.25) is 18.6 Å². The van der Waals surface area contributed by atoms with Gasteiger partial charge in [-0.1, -0.05) is 339 Å². The molecule has 0 bridgehead atoms. The first-order valence-electron chi connectivity index (χ1n) is 37.3. The van der Waals surface area contributed by atoms with E-state index in [2.05, 4.69) is 160 Å². The van der Waals surface area contributed by atoms with E-state index in [1.165, 1.54) is 173 Å². The number of rotatable bonds is 69. The van der Waals surface area contributed by atoms with E-state index in [0.717, 1.165) is 116 Å². The first-order valence-corrected chi connectivity index (χ1v) is 38.8. The third-order valence-electron chi connectivity index (χ3n) is 15.7. The number of hydrogen-bond donors (Lipinski definition) is 2. The molecular formula is C81H138NO8P. The van der Waals surface area contributed by atoms with Crippen LogP contribution in [0.4, 0.5) is 0 Å². The minimum absolute atomic E-state index is 0.0490. The highest BCUT2D eigenvalue weighted by Gasteiger charge is 2.26.